The Hall–Kier alpha value is -2.13. The van der Waals surface area contributed by atoms with E-state index in [4.69, 9.17) is 5.11 Å². The maximum atomic E-state index is 11.9. The van der Waals surface area contributed by atoms with Crippen molar-refractivity contribution in [2.45, 2.75) is 32.8 Å². The second-order valence-corrected chi connectivity index (χ2v) is 5.42. The maximum Gasteiger partial charge on any atom is 0.224 e. The zero-order valence-electron chi connectivity index (χ0n) is 13.0. The van der Waals surface area contributed by atoms with Crippen LogP contribution in [0.2, 0.25) is 0 Å². The van der Waals surface area contributed by atoms with E-state index in [1.165, 1.54) is 5.56 Å². The van der Waals surface area contributed by atoms with Crippen LogP contribution in [0.4, 0.5) is 0 Å². The van der Waals surface area contributed by atoms with Crippen LogP contribution in [-0.2, 0) is 30.7 Å². The summed E-state index contributed by atoms with van der Waals surface area (Å²) in [6.45, 7) is 2.81. The van der Waals surface area contributed by atoms with Gasteiger partial charge in [0.05, 0.1) is 13.0 Å². The molecule has 0 aliphatic rings. The molecule has 22 heavy (non-hydrogen) atoms. The number of carbonyl (C=O) groups excluding carboxylic acids is 1. The van der Waals surface area contributed by atoms with Crippen molar-refractivity contribution in [2.24, 2.45) is 0 Å². The van der Waals surface area contributed by atoms with Crippen molar-refractivity contribution in [3.8, 4) is 0 Å². The van der Waals surface area contributed by atoms with E-state index in [2.05, 4.69) is 24.4 Å². The third-order valence-corrected chi connectivity index (χ3v) is 3.74. The van der Waals surface area contributed by atoms with Crippen molar-refractivity contribution >= 4 is 5.91 Å². The molecule has 116 valence electrons. The molecule has 0 fully saturated rings. The van der Waals surface area contributed by atoms with Crippen LogP contribution in [0.3, 0.4) is 0 Å². The minimum Gasteiger partial charge on any atom is -0.392 e. The highest BCUT2D eigenvalue weighted by Crippen LogP contribution is 2.06. The fourth-order valence-electron chi connectivity index (χ4n) is 2.30. The Morgan fingerprint density at radius 1 is 0.909 bits per heavy atom. The van der Waals surface area contributed by atoms with E-state index >= 15 is 0 Å². The van der Waals surface area contributed by atoms with Gasteiger partial charge in [0.15, 0.2) is 0 Å². The first-order valence-corrected chi connectivity index (χ1v) is 7.74. The SMILES string of the molecule is CCc1ccc(CC(=O)NCCc2ccc(CO)cc2)cc1. The molecule has 2 aromatic carbocycles. The molecule has 3 nitrogen and oxygen atoms in total. The first kappa shape index (κ1) is 16.2. The molecule has 0 heterocycles. The second kappa shape index (κ2) is 8.35. The molecular weight excluding hydrogens is 274 g/mol. The lowest BCUT2D eigenvalue weighted by atomic mass is 10.1. The van der Waals surface area contributed by atoms with Crippen molar-refractivity contribution in [3.05, 3.63) is 70.8 Å². The number of aliphatic hydroxyl groups excluding tert-OH is 1. The van der Waals surface area contributed by atoms with Crippen LogP contribution in [0, 0.1) is 0 Å². The Labute approximate surface area is 132 Å². The summed E-state index contributed by atoms with van der Waals surface area (Å²) in [7, 11) is 0. The molecule has 0 saturated heterocycles. The summed E-state index contributed by atoms with van der Waals surface area (Å²) in [5.74, 6) is 0.0521. The van der Waals surface area contributed by atoms with E-state index in [-0.39, 0.29) is 12.5 Å². The molecule has 0 atom stereocenters. The number of aliphatic hydroxyl groups is 1. The topological polar surface area (TPSA) is 49.3 Å². The van der Waals surface area contributed by atoms with Gasteiger partial charge in [-0.3, -0.25) is 4.79 Å². The lowest BCUT2D eigenvalue weighted by Crippen LogP contribution is -2.27. The number of hydrogen-bond donors (Lipinski definition) is 2. The highest BCUT2D eigenvalue weighted by atomic mass is 16.3. The first-order chi connectivity index (χ1) is 10.7. The summed E-state index contributed by atoms with van der Waals surface area (Å²) in [6, 6.07) is 16.0. The predicted octanol–water partition coefficient (Wildman–Crippen LogP) is 2.64. The molecule has 0 radical (unpaired) electrons. The summed E-state index contributed by atoms with van der Waals surface area (Å²) in [5, 5.41) is 11.9. The summed E-state index contributed by atoms with van der Waals surface area (Å²) >= 11 is 0. The molecule has 0 aliphatic heterocycles. The third kappa shape index (κ3) is 5.01. The monoisotopic (exact) mass is 297 g/mol. The van der Waals surface area contributed by atoms with Crippen LogP contribution < -0.4 is 5.32 Å². The number of rotatable bonds is 7. The van der Waals surface area contributed by atoms with E-state index in [1.807, 2.05) is 36.4 Å². The van der Waals surface area contributed by atoms with Gasteiger partial charge < -0.3 is 10.4 Å². The summed E-state index contributed by atoms with van der Waals surface area (Å²) in [4.78, 5) is 11.9. The van der Waals surface area contributed by atoms with Gasteiger partial charge in [0.1, 0.15) is 0 Å². The predicted molar refractivity (Wildman–Crippen MR) is 88.6 cm³/mol. The molecule has 1 amide bonds. The first-order valence-electron chi connectivity index (χ1n) is 7.74. The van der Waals surface area contributed by atoms with Gasteiger partial charge in [-0.05, 0) is 35.1 Å². The van der Waals surface area contributed by atoms with E-state index < -0.39 is 0 Å². The Morgan fingerprint density at radius 3 is 2.05 bits per heavy atom. The summed E-state index contributed by atoms with van der Waals surface area (Å²) in [6.07, 6.45) is 2.24. The molecule has 2 N–H and O–H groups in total. The minimum absolute atomic E-state index is 0.0521. The largest absolute Gasteiger partial charge is 0.392 e. The molecule has 2 rings (SSSR count). The number of amides is 1. The normalized spacial score (nSPS) is 10.5. The highest BCUT2D eigenvalue weighted by molar-refractivity contribution is 5.78. The molecule has 0 spiro atoms. The Bertz CT molecular complexity index is 588. The standard InChI is InChI=1S/C19H23NO2/c1-2-15-3-7-17(8-4-15)13-19(22)20-12-11-16-5-9-18(14-21)10-6-16/h3-10,21H,2,11-14H2,1H3,(H,20,22). The average Bonchev–Trinajstić information content (AvgIpc) is 2.56. The zero-order chi connectivity index (χ0) is 15.8. The molecule has 0 aromatic heterocycles. The van der Waals surface area contributed by atoms with E-state index in [1.54, 1.807) is 0 Å². The van der Waals surface area contributed by atoms with Gasteiger partial charge in [-0.2, -0.15) is 0 Å². The van der Waals surface area contributed by atoms with Crippen molar-refractivity contribution < 1.29 is 9.90 Å². The third-order valence-electron chi connectivity index (χ3n) is 3.74. The smallest absolute Gasteiger partial charge is 0.224 e. The van der Waals surface area contributed by atoms with Crippen molar-refractivity contribution in [1.29, 1.82) is 0 Å². The van der Waals surface area contributed by atoms with Gasteiger partial charge in [-0.15, -0.1) is 0 Å². The number of hydrogen-bond acceptors (Lipinski definition) is 2. The van der Waals surface area contributed by atoms with E-state index in [0.29, 0.717) is 13.0 Å². The quantitative estimate of drug-likeness (QED) is 0.825. The zero-order valence-corrected chi connectivity index (χ0v) is 13.0. The molecule has 3 heteroatoms. The van der Waals surface area contributed by atoms with Crippen LogP contribution in [0.15, 0.2) is 48.5 Å². The lowest BCUT2D eigenvalue weighted by molar-refractivity contribution is -0.120. The number of carbonyl (C=O) groups is 1. The van der Waals surface area contributed by atoms with Crippen molar-refractivity contribution in [2.75, 3.05) is 6.54 Å². The molecule has 0 saturated carbocycles. The van der Waals surface area contributed by atoms with Crippen LogP contribution in [-0.4, -0.2) is 17.6 Å². The van der Waals surface area contributed by atoms with Crippen LogP contribution in [0.25, 0.3) is 0 Å². The van der Waals surface area contributed by atoms with Gasteiger partial charge in [0.25, 0.3) is 0 Å². The Kier molecular flexibility index (Phi) is 6.16. The number of benzene rings is 2. The van der Waals surface area contributed by atoms with Crippen LogP contribution >= 0.6 is 0 Å². The van der Waals surface area contributed by atoms with E-state index in [0.717, 1.165) is 29.5 Å². The maximum absolute atomic E-state index is 11.9. The molecule has 2 aromatic rings. The van der Waals surface area contributed by atoms with Crippen LogP contribution in [0.5, 0.6) is 0 Å². The Balaban J connectivity index is 1.74. The average molecular weight is 297 g/mol. The van der Waals surface area contributed by atoms with Gasteiger partial charge in [0, 0.05) is 6.54 Å². The van der Waals surface area contributed by atoms with Gasteiger partial charge >= 0.3 is 0 Å². The minimum atomic E-state index is 0.0521. The second-order valence-electron chi connectivity index (χ2n) is 5.42. The highest BCUT2D eigenvalue weighted by Gasteiger charge is 2.03. The van der Waals surface area contributed by atoms with Gasteiger partial charge in [-0.1, -0.05) is 55.5 Å². The molecule has 0 unspecified atom stereocenters. The number of aryl methyl sites for hydroxylation is 1. The van der Waals surface area contributed by atoms with Gasteiger partial charge in [-0.25, -0.2) is 0 Å². The Morgan fingerprint density at radius 2 is 1.45 bits per heavy atom. The fraction of sp³-hybridized carbons (Fsp3) is 0.316. The summed E-state index contributed by atoms with van der Waals surface area (Å²) < 4.78 is 0. The van der Waals surface area contributed by atoms with E-state index in [9.17, 15) is 4.79 Å². The van der Waals surface area contributed by atoms with Crippen molar-refractivity contribution in [3.63, 3.8) is 0 Å². The summed E-state index contributed by atoms with van der Waals surface area (Å²) in [5.41, 5.74) is 4.39. The van der Waals surface area contributed by atoms with Crippen molar-refractivity contribution in [1.82, 2.24) is 5.32 Å². The lowest BCUT2D eigenvalue weighted by Gasteiger charge is -2.07. The molecule has 0 bridgehead atoms. The van der Waals surface area contributed by atoms with Gasteiger partial charge in [0.2, 0.25) is 5.91 Å². The molecule has 0 aliphatic carbocycles. The number of nitrogens with one attached hydrogen (secondary N) is 1. The molecular formula is C19H23NO2. The van der Waals surface area contributed by atoms with Crippen LogP contribution in [0.1, 0.15) is 29.2 Å². The fourth-order valence-corrected chi connectivity index (χ4v) is 2.30.